The normalized spacial score (nSPS) is 19.6. The first-order chi connectivity index (χ1) is 33.8. The van der Waals surface area contributed by atoms with Crippen molar-refractivity contribution in [2.24, 2.45) is 10.4 Å². The zero-order valence-corrected chi connectivity index (χ0v) is 43.8. The monoisotopic (exact) mass is 1030 g/mol. The molecule has 4 N–H and O–H groups in total. The lowest BCUT2D eigenvalue weighted by atomic mass is 9.85. The fraction of sp³-hybridized carbons (Fsp3) is 0.490. The van der Waals surface area contributed by atoms with Gasteiger partial charge in [-0.3, -0.25) is 33.6 Å². The highest BCUT2D eigenvalue weighted by Gasteiger charge is 2.45. The molecule has 378 valence electrons. The van der Waals surface area contributed by atoms with Gasteiger partial charge in [0.05, 0.1) is 53.1 Å². The summed E-state index contributed by atoms with van der Waals surface area (Å²) in [4.78, 5) is 72.2. The predicted octanol–water partition coefficient (Wildman–Crippen LogP) is 5.51. The largest absolute Gasteiger partial charge is 0.391 e. The molecule has 3 aliphatic rings. The number of likely N-dealkylation sites (tertiary alicyclic amines) is 1. The number of benzene rings is 2. The number of piperazine rings is 1. The van der Waals surface area contributed by atoms with Gasteiger partial charge in [-0.15, -0.1) is 32.9 Å². The van der Waals surface area contributed by atoms with Crippen LogP contribution in [0.15, 0.2) is 59.0 Å². The quantitative estimate of drug-likeness (QED) is 0.103. The van der Waals surface area contributed by atoms with Crippen LogP contribution >= 0.6 is 34.3 Å². The third-order valence-electron chi connectivity index (χ3n) is 13.5. The average Bonchev–Trinajstić information content (AvgIpc) is 4.10. The summed E-state index contributed by atoms with van der Waals surface area (Å²) >= 11 is 9.50. The van der Waals surface area contributed by atoms with Crippen LogP contribution in [0, 0.1) is 33.1 Å². The summed E-state index contributed by atoms with van der Waals surface area (Å²) in [6.45, 7) is 17.0. The van der Waals surface area contributed by atoms with Crippen LogP contribution in [0.1, 0.15) is 97.1 Å². The van der Waals surface area contributed by atoms with Crippen molar-refractivity contribution in [2.75, 3.05) is 52.5 Å². The summed E-state index contributed by atoms with van der Waals surface area (Å²) in [5.74, 6) is -0.165. The Balaban J connectivity index is 0.811. The highest BCUT2D eigenvalue weighted by Crippen LogP contribution is 2.40. The molecule has 0 radical (unpaired) electrons. The number of amides is 4. The number of nitrogens with zero attached hydrogens (tertiary/aromatic N) is 8. The number of thiophene rings is 1. The van der Waals surface area contributed by atoms with Crippen molar-refractivity contribution in [2.45, 2.75) is 105 Å². The van der Waals surface area contributed by atoms with Crippen LogP contribution in [0.2, 0.25) is 5.02 Å². The molecule has 0 spiro atoms. The maximum atomic E-state index is 14.2. The van der Waals surface area contributed by atoms with E-state index in [0.717, 1.165) is 59.8 Å². The molecule has 2 saturated heterocycles. The molecule has 71 heavy (non-hydrogen) atoms. The van der Waals surface area contributed by atoms with Crippen LogP contribution in [0.25, 0.3) is 15.4 Å². The fourth-order valence-electron chi connectivity index (χ4n) is 9.46. The first-order valence-corrected chi connectivity index (χ1v) is 26.1. The Morgan fingerprint density at radius 1 is 0.944 bits per heavy atom. The van der Waals surface area contributed by atoms with Crippen LogP contribution in [-0.2, 0) is 23.9 Å². The first-order valence-electron chi connectivity index (χ1n) is 24.0. The van der Waals surface area contributed by atoms with Gasteiger partial charge in [-0.25, -0.2) is 4.98 Å². The second-order valence-corrected chi connectivity index (χ2v) is 22.3. The smallest absolute Gasteiger partial charge is 0.246 e. The van der Waals surface area contributed by atoms with Crippen molar-refractivity contribution >= 4 is 63.6 Å². The Morgan fingerprint density at radius 3 is 2.30 bits per heavy atom. The Kier molecular flexibility index (Phi) is 15.9. The standard InChI is InChI=1S/C51H63ClN10O7S2/c1-28-31(4)71-50-43(28)44(34-13-15-36(52)16-14-34)55-39(47-58-57-32(5)62(47)50)22-42(66)60-19-17-59(18-20-60)23-38(64)25-69-26-41(65)56-46(51(6,7)8)49(68)61-24-37(63)21-40(61)48(67)54-29(2)33-9-11-35(12-10-33)45-30(3)53-27-70-45/h9-16,27,29,37-40,46,63-64H,17-26H2,1-8H3,(H,54,67)(H,56,65)/t29-,37+,38+,39-,40-,46?/m0/s1. The van der Waals surface area contributed by atoms with E-state index < -0.39 is 60.1 Å². The first kappa shape index (κ1) is 51.9. The second-order valence-electron chi connectivity index (χ2n) is 19.8. The summed E-state index contributed by atoms with van der Waals surface area (Å²) in [5.41, 5.74) is 7.71. The van der Waals surface area contributed by atoms with Gasteiger partial charge in [0, 0.05) is 66.7 Å². The second kappa shape index (κ2) is 21.7. The number of hydrogen-bond donors (Lipinski definition) is 4. The minimum Gasteiger partial charge on any atom is -0.391 e. The number of hydrogen-bond acceptors (Lipinski definition) is 14. The number of aliphatic hydroxyl groups is 2. The zero-order valence-electron chi connectivity index (χ0n) is 41.4. The van der Waals surface area contributed by atoms with Crippen molar-refractivity contribution in [1.29, 1.82) is 0 Å². The molecule has 17 nitrogen and oxygen atoms in total. The molecule has 0 bridgehead atoms. The molecule has 1 unspecified atom stereocenters. The number of thiazole rings is 1. The van der Waals surface area contributed by atoms with Gasteiger partial charge in [0.25, 0.3) is 0 Å². The van der Waals surface area contributed by atoms with Gasteiger partial charge in [0.1, 0.15) is 35.6 Å². The summed E-state index contributed by atoms with van der Waals surface area (Å²) in [6.07, 6.45) is -1.67. The van der Waals surface area contributed by atoms with E-state index in [9.17, 15) is 29.4 Å². The number of halogens is 1. The fourth-order valence-corrected chi connectivity index (χ4v) is 11.6. The number of carbonyl (C=O) groups is 4. The summed E-state index contributed by atoms with van der Waals surface area (Å²) in [7, 11) is 0. The highest BCUT2D eigenvalue weighted by molar-refractivity contribution is 7.15. The maximum absolute atomic E-state index is 14.2. The Morgan fingerprint density at radius 2 is 1.63 bits per heavy atom. The Hall–Kier alpha value is -5.41. The maximum Gasteiger partial charge on any atom is 0.246 e. The molecule has 0 saturated carbocycles. The number of nitrogens with one attached hydrogen (secondary N) is 2. The predicted molar refractivity (Wildman–Crippen MR) is 274 cm³/mol. The number of carbonyl (C=O) groups excluding carboxylic acids is 4. The van der Waals surface area contributed by atoms with E-state index in [1.165, 1.54) is 4.90 Å². The topological polar surface area (TPSA) is 208 Å². The number of rotatable bonds is 15. The number of aliphatic imine (C=N–C) groups is 1. The van der Waals surface area contributed by atoms with E-state index >= 15 is 0 Å². The third kappa shape index (κ3) is 11.6. The summed E-state index contributed by atoms with van der Waals surface area (Å²) in [6, 6.07) is 12.5. The molecule has 2 fully saturated rings. The van der Waals surface area contributed by atoms with Crippen LogP contribution < -0.4 is 10.6 Å². The van der Waals surface area contributed by atoms with Crippen molar-refractivity contribution in [3.63, 3.8) is 0 Å². The number of aryl methyl sites for hydroxylation is 3. The third-order valence-corrected chi connectivity index (χ3v) is 15.9. The number of ether oxygens (including phenoxy) is 1. The molecule has 5 aromatic rings. The van der Waals surface area contributed by atoms with Gasteiger partial charge in [-0.05, 0) is 68.9 Å². The van der Waals surface area contributed by atoms with Crippen LogP contribution in [0.3, 0.4) is 0 Å². The average molecular weight is 1030 g/mol. The molecule has 2 aromatic carbocycles. The van der Waals surface area contributed by atoms with E-state index in [0.29, 0.717) is 37.0 Å². The molecule has 3 aromatic heterocycles. The van der Waals surface area contributed by atoms with Gasteiger partial charge in [-0.2, -0.15) is 0 Å². The van der Waals surface area contributed by atoms with E-state index in [-0.39, 0.29) is 44.5 Å². The lowest BCUT2D eigenvalue weighted by Gasteiger charge is -2.36. The number of aliphatic hydroxyl groups excluding tert-OH is 2. The van der Waals surface area contributed by atoms with Crippen molar-refractivity contribution in [3.05, 3.63) is 104 Å². The van der Waals surface area contributed by atoms with Crippen molar-refractivity contribution in [1.82, 2.24) is 45.1 Å². The zero-order chi connectivity index (χ0) is 50.9. The van der Waals surface area contributed by atoms with Gasteiger partial charge in [-0.1, -0.05) is 68.8 Å². The minimum absolute atomic E-state index is 0.0531. The number of fused-ring (bicyclic) bond motifs is 3. The molecular formula is C51H63ClN10O7S2. The van der Waals surface area contributed by atoms with Crippen molar-refractivity contribution in [3.8, 4) is 15.4 Å². The number of β-amino-alcohol motifs (C(OH)–C–C–N with tert-alkyl or cyclic N) is 2. The van der Waals surface area contributed by atoms with Gasteiger partial charge in [0.15, 0.2) is 5.82 Å². The van der Waals surface area contributed by atoms with Gasteiger partial charge in [0.2, 0.25) is 23.6 Å². The van der Waals surface area contributed by atoms with E-state index in [4.69, 9.17) is 21.3 Å². The lowest BCUT2D eigenvalue weighted by molar-refractivity contribution is -0.145. The van der Waals surface area contributed by atoms with E-state index in [1.54, 1.807) is 22.7 Å². The Labute approximate surface area is 427 Å². The molecule has 6 heterocycles. The molecule has 8 rings (SSSR count). The SMILES string of the molecule is Cc1ncsc1-c1ccc([C@H](C)NC(=O)[C@@H]2C[C@@H](O)CN2C(=O)C(NC(=O)COC[C@H](O)CN2CCN(C(=O)C[C@@H]3N=C(c4ccc(Cl)cc4)c4c(sc(C)c4C)-n4c(C)nnc43)CC2)C(C)(C)C)cc1. The van der Waals surface area contributed by atoms with Crippen LogP contribution in [0.5, 0.6) is 0 Å². The van der Waals surface area contributed by atoms with E-state index in [2.05, 4.69) is 44.6 Å². The number of aromatic nitrogens is 4. The minimum atomic E-state index is -1.03. The van der Waals surface area contributed by atoms with Crippen LogP contribution in [-0.4, -0.2) is 151 Å². The molecule has 6 atom stereocenters. The highest BCUT2D eigenvalue weighted by atomic mass is 35.5. The molecule has 3 aliphatic heterocycles. The lowest BCUT2D eigenvalue weighted by Crippen LogP contribution is -2.58. The van der Waals surface area contributed by atoms with Crippen molar-refractivity contribution < 1.29 is 34.1 Å². The van der Waals surface area contributed by atoms with Gasteiger partial charge >= 0.3 is 0 Å². The van der Waals surface area contributed by atoms with Gasteiger partial charge < -0.3 is 35.4 Å². The summed E-state index contributed by atoms with van der Waals surface area (Å²) < 4.78 is 7.69. The molecule has 20 heteroatoms. The molecule has 4 amide bonds. The Bertz CT molecular complexity index is 2780. The molecule has 0 aliphatic carbocycles. The van der Waals surface area contributed by atoms with Crippen LogP contribution in [0.4, 0.5) is 0 Å². The molecular weight excluding hydrogens is 964 g/mol. The van der Waals surface area contributed by atoms with E-state index in [1.807, 2.05) is 105 Å². The summed E-state index contributed by atoms with van der Waals surface area (Å²) in [5, 5.41) is 38.0.